The van der Waals surface area contributed by atoms with Crippen molar-refractivity contribution in [1.29, 1.82) is 0 Å². The van der Waals surface area contributed by atoms with Crippen molar-refractivity contribution in [2.75, 3.05) is 26.2 Å². The second kappa shape index (κ2) is 3.97. The third kappa shape index (κ3) is 1.75. The second-order valence-corrected chi connectivity index (χ2v) is 4.52. The normalized spacial score (nSPS) is 29.3. The van der Waals surface area contributed by atoms with E-state index in [9.17, 15) is 0 Å². The summed E-state index contributed by atoms with van der Waals surface area (Å²) in [5.41, 5.74) is 0.599. The molecule has 2 nitrogen and oxygen atoms in total. The predicted molar refractivity (Wildman–Crippen MR) is 55.9 cm³/mol. The summed E-state index contributed by atoms with van der Waals surface area (Å²) < 4.78 is 0. The summed E-state index contributed by atoms with van der Waals surface area (Å²) in [6.45, 7) is 7.30. The number of hydrogen-bond donors (Lipinski definition) is 1. The van der Waals surface area contributed by atoms with E-state index in [-0.39, 0.29) is 0 Å². The minimum absolute atomic E-state index is 0.599. The van der Waals surface area contributed by atoms with Crippen molar-refractivity contribution >= 4 is 0 Å². The van der Waals surface area contributed by atoms with Gasteiger partial charge < -0.3 is 5.32 Å². The van der Waals surface area contributed by atoms with E-state index in [2.05, 4.69) is 17.1 Å². The van der Waals surface area contributed by atoms with Gasteiger partial charge in [-0.15, -0.1) is 0 Å². The first-order valence-corrected chi connectivity index (χ1v) is 5.83. The van der Waals surface area contributed by atoms with Gasteiger partial charge in [-0.3, -0.25) is 4.90 Å². The van der Waals surface area contributed by atoms with Gasteiger partial charge in [0.1, 0.15) is 0 Å². The van der Waals surface area contributed by atoms with Crippen LogP contribution < -0.4 is 5.32 Å². The molecule has 13 heavy (non-hydrogen) atoms. The minimum Gasteiger partial charge on any atom is -0.314 e. The van der Waals surface area contributed by atoms with Crippen molar-refractivity contribution in [3.05, 3.63) is 0 Å². The number of piperazine rings is 1. The number of nitrogens with one attached hydrogen (secondary N) is 1. The zero-order chi connectivity index (χ0) is 9.15. The van der Waals surface area contributed by atoms with Crippen LogP contribution in [0.25, 0.3) is 0 Å². The molecular weight excluding hydrogens is 160 g/mol. The maximum Gasteiger partial charge on any atom is 0.0208 e. The molecule has 0 atom stereocenters. The fourth-order valence-electron chi connectivity index (χ4n) is 3.07. The smallest absolute Gasteiger partial charge is 0.0208 e. The van der Waals surface area contributed by atoms with Crippen LogP contribution in [-0.2, 0) is 0 Å². The topological polar surface area (TPSA) is 15.3 Å². The van der Waals surface area contributed by atoms with Gasteiger partial charge in [0, 0.05) is 31.7 Å². The van der Waals surface area contributed by atoms with Crippen LogP contribution >= 0.6 is 0 Å². The summed E-state index contributed by atoms with van der Waals surface area (Å²) in [7, 11) is 0. The quantitative estimate of drug-likeness (QED) is 0.698. The molecule has 0 aromatic heterocycles. The summed E-state index contributed by atoms with van der Waals surface area (Å²) in [4.78, 5) is 2.75. The van der Waals surface area contributed by atoms with Gasteiger partial charge in [-0.1, -0.05) is 19.8 Å². The van der Waals surface area contributed by atoms with E-state index in [1.54, 1.807) is 0 Å². The Morgan fingerprint density at radius 1 is 1.15 bits per heavy atom. The van der Waals surface area contributed by atoms with Crippen molar-refractivity contribution in [1.82, 2.24) is 10.2 Å². The highest BCUT2D eigenvalue weighted by Gasteiger charge is 2.37. The molecule has 1 N–H and O–H groups in total. The molecule has 2 aliphatic rings. The highest BCUT2D eigenvalue weighted by Crippen LogP contribution is 2.37. The lowest BCUT2D eigenvalue weighted by Gasteiger charge is -2.43. The molecule has 2 heteroatoms. The summed E-state index contributed by atoms with van der Waals surface area (Å²) in [6, 6.07) is 0. The molecule has 0 spiro atoms. The molecule has 1 saturated heterocycles. The standard InChI is InChI=1S/C11H22N2/c1-2-11(5-3-4-6-11)13-9-7-12-8-10-13/h12H,2-10H2,1H3. The van der Waals surface area contributed by atoms with Crippen molar-refractivity contribution in [2.24, 2.45) is 0 Å². The predicted octanol–water partition coefficient (Wildman–Crippen LogP) is 1.61. The zero-order valence-corrected chi connectivity index (χ0v) is 8.81. The molecule has 1 heterocycles. The minimum atomic E-state index is 0.599. The van der Waals surface area contributed by atoms with Crippen LogP contribution in [0.2, 0.25) is 0 Å². The van der Waals surface area contributed by atoms with Gasteiger partial charge in [-0.25, -0.2) is 0 Å². The van der Waals surface area contributed by atoms with Crippen LogP contribution in [0.1, 0.15) is 39.0 Å². The maximum absolute atomic E-state index is 3.44. The average Bonchev–Trinajstić information content (AvgIpc) is 2.69. The lowest BCUT2D eigenvalue weighted by atomic mass is 9.91. The van der Waals surface area contributed by atoms with Gasteiger partial charge in [0.05, 0.1) is 0 Å². The Morgan fingerprint density at radius 3 is 2.31 bits per heavy atom. The molecule has 0 aromatic rings. The van der Waals surface area contributed by atoms with Gasteiger partial charge in [-0.05, 0) is 19.3 Å². The Kier molecular flexibility index (Phi) is 2.89. The number of hydrogen-bond acceptors (Lipinski definition) is 2. The van der Waals surface area contributed by atoms with Crippen molar-refractivity contribution in [3.8, 4) is 0 Å². The highest BCUT2D eigenvalue weighted by atomic mass is 15.2. The fraction of sp³-hybridized carbons (Fsp3) is 1.00. The second-order valence-electron chi connectivity index (χ2n) is 4.52. The fourth-order valence-corrected chi connectivity index (χ4v) is 3.07. The molecular formula is C11H22N2. The summed E-state index contributed by atoms with van der Waals surface area (Å²) in [5, 5.41) is 3.44. The molecule has 0 bridgehead atoms. The SMILES string of the molecule is CCC1(N2CCNCC2)CCCC1. The molecule has 0 aromatic carbocycles. The third-order valence-electron chi connectivity index (χ3n) is 3.98. The van der Waals surface area contributed by atoms with E-state index in [1.165, 1.54) is 58.3 Å². The molecule has 0 radical (unpaired) electrons. The molecule has 1 saturated carbocycles. The summed E-state index contributed by atoms with van der Waals surface area (Å²) >= 11 is 0. The largest absolute Gasteiger partial charge is 0.314 e. The van der Waals surface area contributed by atoms with E-state index < -0.39 is 0 Å². The van der Waals surface area contributed by atoms with Crippen molar-refractivity contribution in [2.45, 2.75) is 44.6 Å². The van der Waals surface area contributed by atoms with E-state index in [0.717, 1.165) is 0 Å². The summed E-state index contributed by atoms with van der Waals surface area (Å²) in [6.07, 6.45) is 7.16. The maximum atomic E-state index is 3.44. The molecule has 2 rings (SSSR count). The molecule has 0 unspecified atom stereocenters. The monoisotopic (exact) mass is 182 g/mol. The van der Waals surface area contributed by atoms with Crippen LogP contribution in [0.4, 0.5) is 0 Å². The number of rotatable bonds is 2. The Bertz CT molecular complexity index is 155. The number of nitrogens with zero attached hydrogens (tertiary/aromatic N) is 1. The van der Waals surface area contributed by atoms with Gasteiger partial charge in [0.25, 0.3) is 0 Å². The average molecular weight is 182 g/mol. The van der Waals surface area contributed by atoms with Crippen molar-refractivity contribution < 1.29 is 0 Å². The Hall–Kier alpha value is -0.0800. The van der Waals surface area contributed by atoms with E-state index in [0.29, 0.717) is 5.54 Å². The first-order chi connectivity index (χ1) is 6.37. The highest BCUT2D eigenvalue weighted by molar-refractivity contribution is 4.95. The first kappa shape index (κ1) is 9.47. The van der Waals surface area contributed by atoms with Crippen molar-refractivity contribution in [3.63, 3.8) is 0 Å². The Balaban J connectivity index is 2.01. The third-order valence-corrected chi connectivity index (χ3v) is 3.98. The lowest BCUT2D eigenvalue weighted by Crippen LogP contribution is -2.54. The lowest BCUT2D eigenvalue weighted by molar-refractivity contribution is 0.0741. The van der Waals surface area contributed by atoms with Crippen LogP contribution in [0.3, 0.4) is 0 Å². The Morgan fingerprint density at radius 2 is 1.77 bits per heavy atom. The summed E-state index contributed by atoms with van der Waals surface area (Å²) in [5.74, 6) is 0. The van der Waals surface area contributed by atoms with Crippen LogP contribution in [0.15, 0.2) is 0 Å². The molecule has 1 aliphatic carbocycles. The first-order valence-electron chi connectivity index (χ1n) is 5.83. The molecule has 1 aliphatic heterocycles. The van der Waals surface area contributed by atoms with Crippen LogP contribution in [-0.4, -0.2) is 36.6 Å². The van der Waals surface area contributed by atoms with Crippen LogP contribution in [0.5, 0.6) is 0 Å². The Labute approximate surface area is 81.7 Å². The van der Waals surface area contributed by atoms with E-state index in [4.69, 9.17) is 0 Å². The van der Waals surface area contributed by atoms with E-state index in [1.807, 2.05) is 0 Å². The van der Waals surface area contributed by atoms with Gasteiger partial charge in [-0.2, -0.15) is 0 Å². The van der Waals surface area contributed by atoms with Crippen LogP contribution in [0, 0.1) is 0 Å². The van der Waals surface area contributed by atoms with Gasteiger partial charge in [0.15, 0.2) is 0 Å². The molecule has 76 valence electrons. The zero-order valence-electron chi connectivity index (χ0n) is 8.81. The van der Waals surface area contributed by atoms with Gasteiger partial charge >= 0.3 is 0 Å². The molecule has 0 amide bonds. The van der Waals surface area contributed by atoms with Gasteiger partial charge in [0.2, 0.25) is 0 Å². The molecule has 2 fully saturated rings. The van der Waals surface area contributed by atoms with E-state index >= 15 is 0 Å².